The van der Waals surface area contributed by atoms with Crippen molar-refractivity contribution in [2.75, 3.05) is 6.54 Å². The van der Waals surface area contributed by atoms with Gasteiger partial charge >= 0.3 is 0 Å². The fourth-order valence-corrected chi connectivity index (χ4v) is 4.21. The van der Waals surface area contributed by atoms with Gasteiger partial charge in [0.25, 0.3) is 0 Å². The number of likely N-dealkylation sites (tertiary alicyclic amines) is 1. The van der Waals surface area contributed by atoms with Gasteiger partial charge in [0.1, 0.15) is 12.4 Å². The Kier molecular flexibility index (Phi) is 4.51. The van der Waals surface area contributed by atoms with Crippen molar-refractivity contribution < 1.29 is 18.8 Å². The topological polar surface area (TPSA) is 57.7 Å². The Hall–Kier alpha value is -2.24. The molecule has 1 heterocycles. The molecule has 5 nitrogen and oxygen atoms in total. The largest absolute Gasteiger partial charge is 0.334 e. The second kappa shape index (κ2) is 6.82. The Morgan fingerprint density at radius 3 is 2.12 bits per heavy atom. The molecule has 1 aromatic carbocycles. The summed E-state index contributed by atoms with van der Waals surface area (Å²) < 4.78 is 13.1. The van der Waals surface area contributed by atoms with Crippen LogP contribution in [0.1, 0.15) is 44.1 Å². The lowest BCUT2D eigenvalue weighted by atomic mass is 9.81. The normalized spacial score (nSPS) is 25.3. The molecule has 6 heteroatoms. The molecule has 2 aliphatic carbocycles. The van der Waals surface area contributed by atoms with Crippen LogP contribution in [-0.2, 0) is 20.9 Å². The maximum Gasteiger partial charge on any atom is 0.243 e. The van der Waals surface area contributed by atoms with E-state index in [1.54, 1.807) is 17.0 Å². The van der Waals surface area contributed by atoms with E-state index >= 15 is 0 Å². The number of imide groups is 1. The van der Waals surface area contributed by atoms with Crippen LogP contribution in [0.15, 0.2) is 24.3 Å². The third kappa shape index (κ3) is 3.24. The number of nitrogens with zero attached hydrogens (tertiary/aromatic N) is 2. The Morgan fingerprint density at radius 2 is 1.58 bits per heavy atom. The molecular formula is C20H23FN2O3. The van der Waals surface area contributed by atoms with Gasteiger partial charge in [-0.05, 0) is 43.4 Å². The van der Waals surface area contributed by atoms with E-state index in [2.05, 4.69) is 0 Å². The second-order valence-electron chi connectivity index (χ2n) is 7.64. The predicted molar refractivity (Wildman–Crippen MR) is 92.1 cm³/mol. The van der Waals surface area contributed by atoms with Gasteiger partial charge in [-0.25, -0.2) is 4.39 Å². The first kappa shape index (κ1) is 17.2. The van der Waals surface area contributed by atoms with Crippen LogP contribution >= 0.6 is 0 Å². The number of hydrogen-bond acceptors (Lipinski definition) is 3. The van der Waals surface area contributed by atoms with Crippen molar-refractivity contribution in [3.63, 3.8) is 0 Å². The zero-order valence-corrected chi connectivity index (χ0v) is 14.7. The maximum absolute atomic E-state index is 13.1. The zero-order chi connectivity index (χ0) is 18.3. The summed E-state index contributed by atoms with van der Waals surface area (Å²) >= 11 is 0. The quantitative estimate of drug-likeness (QED) is 0.760. The number of rotatable bonds is 5. The Balaban J connectivity index is 1.46. The molecule has 0 radical (unpaired) electrons. The van der Waals surface area contributed by atoms with E-state index in [1.165, 1.54) is 17.0 Å². The van der Waals surface area contributed by atoms with Crippen LogP contribution in [0.25, 0.3) is 0 Å². The molecule has 1 aromatic rings. The molecule has 3 fully saturated rings. The van der Waals surface area contributed by atoms with E-state index < -0.39 is 0 Å². The number of carbonyl (C=O) groups excluding carboxylic acids is 3. The minimum atomic E-state index is -0.311. The fourth-order valence-electron chi connectivity index (χ4n) is 4.21. The van der Waals surface area contributed by atoms with Gasteiger partial charge in [0.2, 0.25) is 17.7 Å². The van der Waals surface area contributed by atoms with Crippen molar-refractivity contribution in [2.24, 2.45) is 11.8 Å². The zero-order valence-electron chi connectivity index (χ0n) is 14.7. The highest BCUT2D eigenvalue weighted by Crippen LogP contribution is 2.38. The van der Waals surface area contributed by atoms with Crippen LogP contribution in [0.2, 0.25) is 0 Å². The average Bonchev–Trinajstić information content (AvgIpc) is 3.46. The second-order valence-corrected chi connectivity index (χ2v) is 7.64. The Morgan fingerprint density at radius 1 is 1.00 bits per heavy atom. The summed E-state index contributed by atoms with van der Waals surface area (Å²) in [5.41, 5.74) is 0.847. The summed E-state index contributed by atoms with van der Waals surface area (Å²) in [6, 6.07) is 6.24. The molecule has 2 saturated carbocycles. The van der Waals surface area contributed by atoms with Crippen LogP contribution in [0, 0.1) is 17.7 Å². The molecule has 3 amide bonds. The highest BCUT2D eigenvalue weighted by molar-refractivity contribution is 6.07. The average molecular weight is 358 g/mol. The van der Waals surface area contributed by atoms with E-state index in [9.17, 15) is 18.8 Å². The summed E-state index contributed by atoms with van der Waals surface area (Å²) in [6.45, 7) is 0.217. The minimum absolute atomic E-state index is 0.155. The molecule has 0 bridgehead atoms. The van der Waals surface area contributed by atoms with Gasteiger partial charge in [0, 0.05) is 12.6 Å². The number of benzene rings is 1. The summed E-state index contributed by atoms with van der Waals surface area (Å²) in [4.78, 5) is 40.9. The first-order valence-electron chi connectivity index (χ1n) is 9.43. The smallest absolute Gasteiger partial charge is 0.243 e. The summed E-state index contributed by atoms with van der Waals surface area (Å²) in [5, 5.41) is 0. The minimum Gasteiger partial charge on any atom is -0.334 e. The van der Waals surface area contributed by atoms with Gasteiger partial charge in [0.15, 0.2) is 0 Å². The lowest BCUT2D eigenvalue weighted by Gasteiger charge is -2.25. The standard InChI is InChI=1S/C20H23FN2O3/c21-14-7-5-13(6-8-14)11-22(15-9-10-15)18(24)12-23-19(25)16-3-1-2-4-17(16)20(23)26/h5-8,15-17H,1-4,9-12H2. The van der Waals surface area contributed by atoms with E-state index in [-0.39, 0.29) is 48.0 Å². The third-order valence-electron chi connectivity index (χ3n) is 5.80. The molecule has 0 aromatic heterocycles. The van der Waals surface area contributed by atoms with Gasteiger partial charge in [-0.1, -0.05) is 25.0 Å². The van der Waals surface area contributed by atoms with E-state index in [1.807, 2.05) is 0 Å². The lowest BCUT2D eigenvalue weighted by molar-refractivity contribution is -0.147. The van der Waals surface area contributed by atoms with Gasteiger partial charge in [-0.15, -0.1) is 0 Å². The Labute approximate surface area is 152 Å². The summed E-state index contributed by atoms with van der Waals surface area (Å²) in [5.74, 6) is -1.31. The monoisotopic (exact) mass is 358 g/mol. The highest BCUT2D eigenvalue weighted by atomic mass is 19.1. The molecule has 4 rings (SSSR count). The van der Waals surface area contributed by atoms with E-state index in [0.29, 0.717) is 6.54 Å². The van der Waals surface area contributed by atoms with Gasteiger partial charge in [-0.2, -0.15) is 0 Å². The van der Waals surface area contributed by atoms with Crippen LogP contribution < -0.4 is 0 Å². The number of fused-ring (bicyclic) bond motifs is 1. The summed E-state index contributed by atoms with van der Waals surface area (Å²) in [7, 11) is 0. The number of carbonyl (C=O) groups is 3. The summed E-state index contributed by atoms with van der Waals surface area (Å²) in [6.07, 6.45) is 5.31. The predicted octanol–water partition coefficient (Wildman–Crippen LogP) is 2.49. The molecule has 0 spiro atoms. The molecule has 138 valence electrons. The number of hydrogen-bond donors (Lipinski definition) is 0. The van der Waals surface area contributed by atoms with Crippen LogP contribution in [0.4, 0.5) is 4.39 Å². The van der Waals surface area contributed by atoms with Crippen LogP contribution in [0.3, 0.4) is 0 Å². The van der Waals surface area contributed by atoms with Gasteiger partial charge < -0.3 is 4.90 Å². The molecular weight excluding hydrogens is 335 g/mol. The first-order chi connectivity index (χ1) is 12.5. The van der Waals surface area contributed by atoms with Crippen molar-refractivity contribution in [3.8, 4) is 0 Å². The lowest BCUT2D eigenvalue weighted by Crippen LogP contribution is -2.43. The molecule has 2 atom stereocenters. The number of amides is 3. The highest BCUT2D eigenvalue weighted by Gasteiger charge is 2.49. The Bertz CT molecular complexity index is 705. The van der Waals surface area contributed by atoms with E-state index in [0.717, 1.165) is 44.1 Å². The molecule has 0 N–H and O–H groups in total. The maximum atomic E-state index is 13.1. The molecule has 3 aliphatic rings. The van der Waals surface area contributed by atoms with Crippen molar-refractivity contribution in [2.45, 2.75) is 51.1 Å². The van der Waals surface area contributed by atoms with E-state index in [4.69, 9.17) is 0 Å². The fraction of sp³-hybridized carbons (Fsp3) is 0.550. The third-order valence-corrected chi connectivity index (χ3v) is 5.80. The molecule has 1 aliphatic heterocycles. The number of halogens is 1. The van der Waals surface area contributed by atoms with Crippen LogP contribution in [-0.4, -0.2) is 40.1 Å². The molecule has 26 heavy (non-hydrogen) atoms. The molecule has 2 unspecified atom stereocenters. The first-order valence-corrected chi connectivity index (χ1v) is 9.43. The van der Waals surface area contributed by atoms with Crippen molar-refractivity contribution in [1.29, 1.82) is 0 Å². The van der Waals surface area contributed by atoms with Crippen molar-refractivity contribution in [3.05, 3.63) is 35.6 Å². The van der Waals surface area contributed by atoms with Crippen molar-refractivity contribution in [1.82, 2.24) is 9.80 Å². The SMILES string of the molecule is O=C1C2CCCCC2C(=O)N1CC(=O)N(Cc1ccc(F)cc1)C1CC1. The van der Waals surface area contributed by atoms with Gasteiger partial charge in [-0.3, -0.25) is 19.3 Å². The molecule has 1 saturated heterocycles. The van der Waals surface area contributed by atoms with Gasteiger partial charge in [0.05, 0.1) is 11.8 Å². The van der Waals surface area contributed by atoms with Crippen molar-refractivity contribution >= 4 is 17.7 Å². The van der Waals surface area contributed by atoms with Crippen LogP contribution in [0.5, 0.6) is 0 Å².